The third-order valence-electron chi connectivity index (χ3n) is 4.53. The molecule has 1 atom stereocenters. The molecule has 2 aromatic rings. The van der Waals surface area contributed by atoms with E-state index in [1.54, 1.807) is 13.3 Å². The van der Waals surface area contributed by atoms with Gasteiger partial charge in [-0.05, 0) is 13.3 Å². The van der Waals surface area contributed by atoms with Crippen molar-refractivity contribution in [2.24, 2.45) is 4.99 Å². The molecule has 0 saturated heterocycles. The van der Waals surface area contributed by atoms with Gasteiger partial charge in [0.1, 0.15) is 24.7 Å². The second-order valence-electron chi connectivity index (χ2n) is 8.00. The second-order valence-corrected chi connectivity index (χ2v) is 8.00. The van der Waals surface area contributed by atoms with Gasteiger partial charge in [0.05, 0.1) is 12.7 Å². The van der Waals surface area contributed by atoms with E-state index in [0.29, 0.717) is 19.0 Å². The number of nitrogens with one attached hydrogen (secondary N) is 2. The first-order valence-corrected chi connectivity index (χ1v) is 9.80. The van der Waals surface area contributed by atoms with Crippen LogP contribution in [0.25, 0.3) is 0 Å². The standard InChI is InChI=1S/C19H31N7O2/c1-6-20-18(22-10-17-21-9-14(28-17)19(2,3)4)23-13-7-8-16-24-15(12-27-5)25-26(16)11-13/h9,13H,6-8,10-12H2,1-5H3,(H2,20,22,23). The van der Waals surface area contributed by atoms with Gasteiger partial charge < -0.3 is 19.8 Å². The number of aliphatic imine (C=N–C) groups is 1. The number of hydrogen-bond acceptors (Lipinski definition) is 6. The topological polar surface area (TPSA) is 102 Å². The molecule has 1 aliphatic heterocycles. The fourth-order valence-electron chi connectivity index (χ4n) is 3.06. The minimum absolute atomic E-state index is 0.0585. The highest BCUT2D eigenvalue weighted by molar-refractivity contribution is 5.80. The number of ether oxygens (including phenoxy) is 1. The summed E-state index contributed by atoms with van der Waals surface area (Å²) in [5.41, 5.74) is -0.0585. The van der Waals surface area contributed by atoms with E-state index in [4.69, 9.17) is 9.15 Å². The van der Waals surface area contributed by atoms with Crippen molar-refractivity contribution < 1.29 is 9.15 Å². The summed E-state index contributed by atoms with van der Waals surface area (Å²) in [6, 6.07) is 0.233. The third kappa shape index (κ3) is 5.09. The lowest BCUT2D eigenvalue weighted by Gasteiger charge is -2.25. The van der Waals surface area contributed by atoms with E-state index in [0.717, 1.165) is 49.3 Å². The molecule has 2 N–H and O–H groups in total. The summed E-state index contributed by atoms with van der Waals surface area (Å²) in [6.07, 6.45) is 3.64. The van der Waals surface area contributed by atoms with Crippen LogP contribution >= 0.6 is 0 Å². The van der Waals surface area contributed by atoms with Crippen LogP contribution in [0.3, 0.4) is 0 Å². The van der Waals surface area contributed by atoms with Crippen LogP contribution in [0.1, 0.15) is 57.4 Å². The molecule has 3 rings (SSSR count). The Morgan fingerprint density at radius 1 is 1.43 bits per heavy atom. The Hall–Kier alpha value is -2.42. The highest BCUT2D eigenvalue weighted by Crippen LogP contribution is 2.22. The SMILES string of the molecule is CCNC(=NCc1ncc(C(C)(C)C)o1)NC1CCc2nc(COC)nn2C1. The van der Waals surface area contributed by atoms with Crippen molar-refractivity contribution in [2.75, 3.05) is 13.7 Å². The van der Waals surface area contributed by atoms with Crippen molar-refractivity contribution in [1.82, 2.24) is 30.4 Å². The average Bonchev–Trinajstić information content (AvgIpc) is 3.26. The summed E-state index contributed by atoms with van der Waals surface area (Å²) in [7, 11) is 1.65. The summed E-state index contributed by atoms with van der Waals surface area (Å²) in [4.78, 5) is 13.5. The van der Waals surface area contributed by atoms with E-state index in [9.17, 15) is 0 Å². The molecule has 0 amide bonds. The van der Waals surface area contributed by atoms with Crippen LogP contribution in [0.4, 0.5) is 0 Å². The molecular formula is C19H31N7O2. The molecule has 0 saturated carbocycles. The molecule has 2 aromatic heterocycles. The molecule has 1 unspecified atom stereocenters. The van der Waals surface area contributed by atoms with Gasteiger partial charge in [0.15, 0.2) is 11.8 Å². The normalized spacial score (nSPS) is 17.5. The number of aryl methyl sites for hydroxylation is 1. The molecule has 0 bridgehead atoms. The first-order valence-electron chi connectivity index (χ1n) is 9.80. The number of guanidine groups is 1. The number of hydrogen-bond donors (Lipinski definition) is 2. The van der Waals surface area contributed by atoms with Crippen LogP contribution in [-0.4, -0.2) is 45.4 Å². The van der Waals surface area contributed by atoms with Gasteiger partial charge in [-0.25, -0.2) is 19.6 Å². The minimum atomic E-state index is -0.0585. The molecule has 3 heterocycles. The Morgan fingerprint density at radius 2 is 2.25 bits per heavy atom. The fraction of sp³-hybridized carbons (Fsp3) is 0.684. The molecule has 28 heavy (non-hydrogen) atoms. The predicted molar refractivity (Wildman–Crippen MR) is 106 cm³/mol. The van der Waals surface area contributed by atoms with Gasteiger partial charge >= 0.3 is 0 Å². The van der Waals surface area contributed by atoms with Gasteiger partial charge in [-0.3, -0.25) is 0 Å². The van der Waals surface area contributed by atoms with E-state index in [1.165, 1.54) is 0 Å². The highest BCUT2D eigenvalue weighted by Gasteiger charge is 2.23. The average molecular weight is 390 g/mol. The number of aromatic nitrogens is 4. The number of rotatable bonds is 6. The fourth-order valence-corrected chi connectivity index (χ4v) is 3.06. The largest absolute Gasteiger partial charge is 0.443 e. The second kappa shape index (κ2) is 8.72. The summed E-state index contributed by atoms with van der Waals surface area (Å²) in [6.45, 7) is 10.7. The van der Waals surface area contributed by atoms with Crippen molar-refractivity contribution in [3.8, 4) is 0 Å². The molecule has 0 aliphatic carbocycles. The van der Waals surface area contributed by atoms with E-state index < -0.39 is 0 Å². The molecule has 9 nitrogen and oxygen atoms in total. The Morgan fingerprint density at radius 3 is 2.93 bits per heavy atom. The zero-order chi connectivity index (χ0) is 20.1. The van der Waals surface area contributed by atoms with E-state index in [-0.39, 0.29) is 11.5 Å². The van der Waals surface area contributed by atoms with Crippen LogP contribution in [0.15, 0.2) is 15.6 Å². The summed E-state index contributed by atoms with van der Waals surface area (Å²) in [5.74, 6) is 3.99. The molecule has 0 radical (unpaired) electrons. The zero-order valence-corrected chi connectivity index (χ0v) is 17.4. The number of oxazole rings is 1. The highest BCUT2D eigenvalue weighted by atomic mass is 16.5. The number of fused-ring (bicyclic) bond motifs is 1. The van der Waals surface area contributed by atoms with Gasteiger partial charge in [-0.15, -0.1) is 0 Å². The van der Waals surface area contributed by atoms with Gasteiger partial charge in [-0.2, -0.15) is 5.10 Å². The van der Waals surface area contributed by atoms with E-state index in [2.05, 4.69) is 51.5 Å². The Balaban J connectivity index is 1.62. The molecule has 9 heteroatoms. The molecule has 0 spiro atoms. The molecule has 0 aromatic carbocycles. The lowest BCUT2D eigenvalue weighted by atomic mass is 9.94. The molecule has 0 fully saturated rings. The maximum absolute atomic E-state index is 5.83. The van der Waals surface area contributed by atoms with Gasteiger partial charge in [0.2, 0.25) is 5.89 Å². The Labute approximate surface area is 166 Å². The van der Waals surface area contributed by atoms with Crippen LogP contribution in [0.2, 0.25) is 0 Å². The first-order chi connectivity index (χ1) is 13.4. The van der Waals surface area contributed by atoms with Crippen molar-refractivity contribution in [3.05, 3.63) is 29.5 Å². The summed E-state index contributed by atoms with van der Waals surface area (Å²) in [5, 5.41) is 11.3. The Bertz CT molecular complexity index is 804. The van der Waals surface area contributed by atoms with E-state index >= 15 is 0 Å². The van der Waals surface area contributed by atoms with Crippen LogP contribution in [0, 0.1) is 0 Å². The van der Waals surface area contributed by atoms with Crippen LogP contribution in [-0.2, 0) is 36.3 Å². The molecule has 1 aliphatic rings. The minimum Gasteiger partial charge on any atom is -0.443 e. The number of nitrogens with zero attached hydrogens (tertiary/aromatic N) is 5. The lowest BCUT2D eigenvalue weighted by Crippen LogP contribution is -2.47. The monoisotopic (exact) mass is 389 g/mol. The smallest absolute Gasteiger partial charge is 0.216 e. The van der Waals surface area contributed by atoms with E-state index in [1.807, 2.05) is 11.6 Å². The number of methoxy groups -OCH3 is 1. The van der Waals surface area contributed by atoms with Gasteiger partial charge in [0.25, 0.3) is 0 Å². The Kier molecular flexibility index (Phi) is 6.33. The van der Waals surface area contributed by atoms with Gasteiger partial charge in [0, 0.05) is 31.5 Å². The van der Waals surface area contributed by atoms with Crippen molar-refractivity contribution >= 4 is 5.96 Å². The van der Waals surface area contributed by atoms with Crippen molar-refractivity contribution in [3.63, 3.8) is 0 Å². The molecular weight excluding hydrogens is 358 g/mol. The zero-order valence-electron chi connectivity index (χ0n) is 17.4. The lowest BCUT2D eigenvalue weighted by molar-refractivity contribution is 0.177. The maximum atomic E-state index is 5.83. The maximum Gasteiger partial charge on any atom is 0.216 e. The first kappa shape index (κ1) is 20.3. The summed E-state index contributed by atoms with van der Waals surface area (Å²) < 4.78 is 12.9. The van der Waals surface area contributed by atoms with Gasteiger partial charge in [-0.1, -0.05) is 20.8 Å². The van der Waals surface area contributed by atoms with Crippen LogP contribution in [0.5, 0.6) is 0 Å². The summed E-state index contributed by atoms with van der Waals surface area (Å²) >= 11 is 0. The quantitative estimate of drug-likeness (QED) is 0.573. The van der Waals surface area contributed by atoms with Crippen molar-refractivity contribution in [2.45, 2.75) is 71.7 Å². The predicted octanol–water partition coefficient (Wildman–Crippen LogP) is 1.78. The van der Waals surface area contributed by atoms with Crippen LogP contribution < -0.4 is 10.6 Å². The molecule has 154 valence electrons. The van der Waals surface area contributed by atoms with Crippen molar-refractivity contribution in [1.29, 1.82) is 0 Å². The third-order valence-corrected chi connectivity index (χ3v) is 4.53.